The summed E-state index contributed by atoms with van der Waals surface area (Å²) in [6.45, 7) is 0.794. The highest BCUT2D eigenvalue weighted by Crippen LogP contribution is 2.10. The quantitative estimate of drug-likeness (QED) is 0.591. The second kappa shape index (κ2) is 3.25. The lowest BCUT2D eigenvalue weighted by molar-refractivity contribution is -0.138. The van der Waals surface area contributed by atoms with E-state index in [1.807, 2.05) is 12.3 Å². The number of carboxylic acid groups (broad SMARTS) is 1. The van der Waals surface area contributed by atoms with Crippen LogP contribution in [-0.2, 0) is 4.79 Å². The molecule has 3 heteroatoms. The normalized spacial score (nSPS) is 23.8. The Hall–Kier alpha value is -0.990. The highest BCUT2D eigenvalue weighted by Gasteiger charge is 2.12. The van der Waals surface area contributed by atoms with Gasteiger partial charge in [-0.15, -0.1) is 0 Å². The van der Waals surface area contributed by atoms with Crippen LogP contribution < -0.4 is 5.32 Å². The Balaban J connectivity index is 2.28. The average Bonchev–Trinajstić information content (AvgIpc) is 1.88. The van der Waals surface area contributed by atoms with Gasteiger partial charge in [0.05, 0.1) is 6.42 Å². The zero-order valence-corrected chi connectivity index (χ0v) is 5.71. The summed E-state index contributed by atoms with van der Waals surface area (Å²) in [7, 11) is 0. The third-order valence-electron chi connectivity index (χ3n) is 1.57. The molecule has 0 aromatic carbocycles. The summed E-state index contributed by atoms with van der Waals surface area (Å²) in [4.78, 5) is 10.2. The van der Waals surface area contributed by atoms with E-state index in [0.717, 1.165) is 13.0 Å². The maximum atomic E-state index is 10.2. The number of allylic oxidation sites excluding steroid dienone is 1. The van der Waals surface area contributed by atoms with E-state index < -0.39 is 5.97 Å². The molecule has 3 nitrogen and oxygen atoms in total. The van der Waals surface area contributed by atoms with Gasteiger partial charge in [0.25, 0.3) is 0 Å². The molecule has 0 radical (unpaired) electrons. The molecule has 1 rings (SSSR count). The van der Waals surface area contributed by atoms with Crippen LogP contribution in [-0.4, -0.2) is 17.6 Å². The maximum Gasteiger partial charge on any atom is 0.303 e. The van der Waals surface area contributed by atoms with Crippen molar-refractivity contribution in [2.75, 3.05) is 6.54 Å². The van der Waals surface area contributed by atoms with Crippen molar-refractivity contribution in [2.45, 2.75) is 12.8 Å². The van der Waals surface area contributed by atoms with Crippen molar-refractivity contribution >= 4 is 5.97 Å². The molecule has 1 unspecified atom stereocenters. The third kappa shape index (κ3) is 2.09. The van der Waals surface area contributed by atoms with Crippen molar-refractivity contribution < 1.29 is 9.90 Å². The molecule has 56 valence electrons. The standard InChI is InChI=1S/C7H11NO2/c9-7(10)4-6-2-1-3-8-5-6/h1,3,6,8H,2,4-5H2,(H,9,10). The number of hydrogen-bond acceptors (Lipinski definition) is 2. The molecule has 0 aromatic rings. The van der Waals surface area contributed by atoms with Crippen LogP contribution in [0.4, 0.5) is 0 Å². The van der Waals surface area contributed by atoms with Crippen molar-refractivity contribution in [3.05, 3.63) is 12.3 Å². The first-order chi connectivity index (χ1) is 4.79. The van der Waals surface area contributed by atoms with Crippen LogP contribution in [0.25, 0.3) is 0 Å². The summed E-state index contributed by atoms with van der Waals surface area (Å²) in [5.41, 5.74) is 0. The Kier molecular flexibility index (Phi) is 2.31. The van der Waals surface area contributed by atoms with Gasteiger partial charge in [0.1, 0.15) is 0 Å². The van der Waals surface area contributed by atoms with Gasteiger partial charge in [-0.2, -0.15) is 0 Å². The molecular weight excluding hydrogens is 130 g/mol. The molecule has 1 aliphatic rings. The number of nitrogens with one attached hydrogen (secondary N) is 1. The third-order valence-corrected chi connectivity index (χ3v) is 1.57. The minimum atomic E-state index is -0.706. The summed E-state index contributed by atoms with van der Waals surface area (Å²) in [5, 5.41) is 11.4. The van der Waals surface area contributed by atoms with Gasteiger partial charge in [-0.25, -0.2) is 0 Å². The summed E-state index contributed by atoms with van der Waals surface area (Å²) in [6.07, 6.45) is 5.01. The zero-order chi connectivity index (χ0) is 7.40. The van der Waals surface area contributed by atoms with E-state index in [2.05, 4.69) is 5.32 Å². The van der Waals surface area contributed by atoms with Gasteiger partial charge in [-0.3, -0.25) is 4.79 Å². The Labute approximate surface area is 59.7 Å². The molecule has 1 atom stereocenters. The van der Waals surface area contributed by atoms with E-state index in [-0.39, 0.29) is 12.3 Å². The molecule has 1 heterocycles. The van der Waals surface area contributed by atoms with Crippen molar-refractivity contribution in [3.8, 4) is 0 Å². The molecule has 0 fully saturated rings. The molecule has 2 N–H and O–H groups in total. The van der Waals surface area contributed by atoms with Crippen LogP contribution in [0.15, 0.2) is 12.3 Å². The van der Waals surface area contributed by atoms with E-state index >= 15 is 0 Å². The average molecular weight is 141 g/mol. The van der Waals surface area contributed by atoms with E-state index in [9.17, 15) is 4.79 Å². The smallest absolute Gasteiger partial charge is 0.303 e. The SMILES string of the molecule is O=C(O)CC1CC=CNC1. The molecule has 0 saturated carbocycles. The fourth-order valence-electron chi connectivity index (χ4n) is 1.06. The lowest BCUT2D eigenvalue weighted by atomic mass is 10.00. The van der Waals surface area contributed by atoms with E-state index in [4.69, 9.17) is 5.11 Å². The summed E-state index contributed by atoms with van der Waals surface area (Å²) in [5.74, 6) is -0.426. The van der Waals surface area contributed by atoms with Crippen LogP contribution in [0.5, 0.6) is 0 Å². The minimum Gasteiger partial charge on any atom is -0.481 e. The lowest BCUT2D eigenvalue weighted by Gasteiger charge is -2.16. The molecule has 10 heavy (non-hydrogen) atoms. The topological polar surface area (TPSA) is 49.3 Å². The molecule has 0 aromatic heterocycles. The number of hydrogen-bond donors (Lipinski definition) is 2. The number of carboxylic acids is 1. The first kappa shape index (κ1) is 7.12. The molecular formula is C7H11NO2. The largest absolute Gasteiger partial charge is 0.481 e. The van der Waals surface area contributed by atoms with Crippen LogP contribution in [0.1, 0.15) is 12.8 Å². The second-order valence-corrected chi connectivity index (χ2v) is 2.51. The molecule has 0 aliphatic carbocycles. The van der Waals surface area contributed by atoms with Gasteiger partial charge in [0, 0.05) is 6.54 Å². The Bertz CT molecular complexity index is 154. The van der Waals surface area contributed by atoms with Gasteiger partial charge in [0.2, 0.25) is 0 Å². The first-order valence-electron chi connectivity index (χ1n) is 3.39. The minimum absolute atomic E-state index is 0.275. The van der Waals surface area contributed by atoms with Gasteiger partial charge >= 0.3 is 5.97 Å². The van der Waals surface area contributed by atoms with Crippen molar-refractivity contribution in [1.29, 1.82) is 0 Å². The van der Waals surface area contributed by atoms with Gasteiger partial charge in [-0.1, -0.05) is 6.08 Å². The fourth-order valence-corrected chi connectivity index (χ4v) is 1.06. The zero-order valence-electron chi connectivity index (χ0n) is 5.71. The Morgan fingerprint density at radius 2 is 2.60 bits per heavy atom. The van der Waals surface area contributed by atoms with Crippen LogP contribution >= 0.6 is 0 Å². The second-order valence-electron chi connectivity index (χ2n) is 2.51. The van der Waals surface area contributed by atoms with Crippen molar-refractivity contribution in [2.24, 2.45) is 5.92 Å². The predicted octanol–water partition coefficient (Wildman–Crippen LogP) is 0.584. The monoisotopic (exact) mass is 141 g/mol. The molecule has 1 aliphatic heterocycles. The van der Waals surface area contributed by atoms with Gasteiger partial charge < -0.3 is 10.4 Å². The van der Waals surface area contributed by atoms with Gasteiger partial charge in [0.15, 0.2) is 0 Å². The Morgan fingerprint density at radius 3 is 3.10 bits per heavy atom. The number of carbonyl (C=O) groups is 1. The van der Waals surface area contributed by atoms with E-state index in [1.165, 1.54) is 0 Å². The van der Waals surface area contributed by atoms with Gasteiger partial charge in [-0.05, 0) is 18.5 Å². The number of rotatable bonds is 2. The van der Waals surface area contributed by atoms with Crippen molar-refractivity contribution in [1.82, 2.24) is 5.32 Å². The van der Waals surface area contributed by atoms with E-state index in [0.29, 0.717) is 0 Å². The molecule has 0 amide bonds. The summed E-state index contributed by atoms with van der Waals surface area (Å²) < 4.78 is 0. The highest BCUT2D eigenvalue weighted by molar-refractivity contribution is 5.67. The summed E-state index contributed by atoms with van der Waals surface area (Å²) in [6, 6.07) is 0. The maximum absolute atomic E-state index is 10.2. The predicted molar refractivity (Wildman–Crippen MR) is 37.5 cm³/mol. The molecule has 0 spiro atoms. The van der Waals surface area contributed by atoms with Crippen LogP contribution in [0, 0.1) is 5.92 Å². The first-order valence-corrected chi connectivity index (χ1v) is 3.39. The molecule has 0 saturated heterocycles. The molecule has 0 bridgehead atoms. The van der Waals surface area contributed by atoms with Crippen molar-refractivity contribution in [3.63, 3.8) is 0 Å². The lowest BCUT2D eigenvalue weighted by Crippen LogP contribution is -2.23. The summed E-state index contributed by atoms with van der Waals surface area (Å²) >= 11 is 0. The van der Waals surface area contributed by atoms with E-state index in [1.54, 1.807) is 0 Å². The van der Waals surface area contributed by atoms with Crippen LogP contribution in [0.2, 0.25) is 0 Å². The Morgan fingerprint density at radius 1 is 1.80 bits per heavy atom. The number of aliphatic carboxylic acids is 1. The fraction of sp³-hybridized carbons (Fsp3) is 0.571. The van der Waals surface area contributed by atoms with Crippen LogP contribution in [0.3, 0.4) is 0 Å². The highest BCUT2D eigenvalue weighted by atomic mass is 16.4.